The molecule has 0 bridgehead atoms. The SMILES string of the molecule is CCN1CCOC(CNCC(O)CN(C)C)C1. The fourth-order valence-electron chi connectivity index (χ4n) is 2.09. The molecule has 2 atom stereocenters. The average molecular weight is 245 g/mol. The molecular weight excluding hydrogens is 218 g/mol. The van der Waals surface area contributed by atoms with Crippen molar-refractivity contribution in [2.24, 2.45) is 0 Å². The molecule has 1 aliphatic heterocycles. The lowest BCUT2D eigenvalue weighted by Gasteiger charge is -2.32. The first-order chi connectivity index (χ1) is 8.11. The van der Waals surface area contributed by atoms with E-state index in [9.17, 15) is 5.11 Å². The van der Waals surface area contributed by atoms with Crippen LogP contribution in [-0.2, 0) is 4.74 Å². The summed E-state index contributed by atoms with van der Waals surface area (Å²) in [5, 5.41) is 13.0. The quantitative estimate of drug-likeness (QED) is 0.616. The molecule has 102 valence electrons. The van der Waals surface area contributed by atoms with Crippen molar-refractivity contribution in [2.75, 3.05) is 60.0 Å². The molecular formula is C12H27N3O2. The van der Waals surface area contributed by atoms with E-state index in [0.717, 1.165) is 32.8 Å². The minimum atomic E-state index is -0.309. The second-order valence-corrected chi connectivity index (χ2v) is 4.96. The Labute approximate surface area is 105 Å². The van der Waals surface area contributed by atoms with Gasteiger partial charge >= 0.3 is 0 Å². The first-order valence-electron chi connectivity index (χ1n) is 6.49. The van der Waals surface area contributed by atoms with Crippen LogP contribution < -0.4 is 5.32 Å². The van der Waals surface area contributed by atoms with Crippen molar-refractivity contribution in [3.8, 4) is 0 Å². The van der Waals surface area contributed by atoms with Crippen LogP contribution in [0.2, 0.25) is 0 Å². The van der Waals surface area contributed by atoms with Crippen molar-refractivity contribution in [1.82, 2.24) is 15.1 Å². The highest BCUT2D eigenvalue weighted by Crippen LogP contribution is 2.03. The Morgan fingerprint density at radius 3 is 2.94 bits per heavy atom. The molecule has 1 saturated heterocycles. The number of aliphatic hydroxyl groups is 1. The molecule has 0 amide bonds. The van der Waals surface area contributed by atoms with Gasteiger partial charge in [0.15, 0.2) is 0 Å². The van der Waals surface area contributed by atoms with Gasteiger partial charge in [-0.1, -0.05) is 6.92 Å². The highest BCUT2D eigenvalue weighted by Gasteiger charge is 2.18. The summed E-state index contributed by atoms with van der Waals surface area (Å²) in [5.41, 5.74) is 0. The van der Waals surface area contributed by atoms with E-state index < -0.39 is 0 Å². The van der Waals surface area contributed by atoms with Crippen LogP contribution in [0, 0.1) is 0 Å². The summed E-state index contributed by atoms with van der Waals surface area (Å²) >= 11 is 0. The Bertz CT molecular complexity index is 202. The van der Waals surface area contributed by atoms with Gasteiger partial charge in [0.1, 0.15) is 0 Å². The lowest BCUT2D eigenvalue weighted by molar-refractivity contribution is -0.0263. The zero-order valence-corrected chi connectivity index (χ0v) is 11.4. The van der Waals surface area contributed by atoms with Crippen LogP contribution in [0.5, 0.6) is 0 Å². The highest BCUT2D eigenvalue weighted by molar-refractivity contribution is 4.73. The van der Waals surface area contributed by atoms with E-state index in [1.807, 2.05) is 19.0 Å². The Morgan fingerprint density at radius 1 is 1.53 bits per heavy atom. The number of aliphatic hydroxyl groups excluding tert-OH is 1. The zero-order valence-electron chi connectivity index (χ0n) is 11.4. The summed E-state index contributed by atoms with van der Waals surface area (Å²) in [6.45, 7) is 8.26. The third-order valence-corrected chi connectivity index (χ3v) is 3.00. The number of nitrogens with one attached hydrogen (secondary N) is 1. The number of nitrogens with zero attached hydrogens (tertiary/aromatic N) is 2. The fourth-order valence-corrected chi connectivity index (χ4v) is 2.09. The monoisotopic (exact) mass is 245 g/mol. The molecule has 1 aliphatic rings. The summed E-state index contributed by atoms with van der Waals surface area (Å²) in [4.78, 5) is 4.38. The minimum Gasteiger partial charge on any atom is -0.390 e. The van der Waals surface area contributed by atoms with Crippen LogP contribution >= 0.6 is 0 Å². The molecule has 0 aromatic carbocycles. The van der Waals surface area contributed by atoms with Crippen LogP contribution in [0.25, 0.3) is 0 Å². The van der Waals surface area contributed by atoms with Crippen LogP contribution in [-0.4, -0.2) is 87.1 Å². The molecule has 0 saturated carbocycles. The van der Waals surface area contributed by atoms with Gasteiger partial charge in [0.05, 0.1) is 18.8 Å². The molecule has 0 radical (unpaired) electrons. The van der Waals surface area contributed by atoms with Gasteiger partial charge in [0.25, 0.3) is 0 Å². The Kier molecular flexibility index (Phi) is 6.99. The topological polar surface area (TPSA) is 48.0 Å². The van der Waals surface area contributed by atoms with E-state index >= 15 is 0 Å². The van der Waals surface area contributed by atoms with Gasteiger partial charge < -0.3 is 20.1 Å². The molecule has 5 nitrogen and oxygen atoms in total. The summed E-state index contributed by atoms with van der Waals surface area (Å²) in [5.74, 6) is 0. The average Bonchev–Trinajstić information content (AvgIpc) is 2.28. The van der Waals surface area contributed by atoms with E-state index in [-0.39, 0.29) is 12.2 Å². The first kappa shape index (κ1) is 14.9. The van der Waals surface area contributed by atoms with Gasteiger partial charge in [0, 0.05) is 32.7 Å². The standard InChI is InChI=1S/C12H27N3O2/c1-4-15-5-6-17-12(10-15)8-13-7-11(16)9-14(2)3/h11-13,16H,4-10H2,1-3H3. The molecule has 1 fully saturated rings. The molecule has 0 aromatic rings. The predicted octanol–water partition coefficient (Wildman–Crippen LogP) is -0.781. The number of rotatable bonds is 7. The number of ether oxygens (including phenoxy) is 1. The third kappa shape index (κ3) is 6.33. The number of likely N-dealkylation sites (N-methyl/N-ethyl adjacent to an activating group) is 2. The van der Waals surface area contributed by atoms with Crippen LogP contribution in [0.3, 0.4) is 0 Å². The molecule has 17 heavy (non-hydrogen) atoms. The van der Waals surface area contributed by atoms with Gasteiger partial charge in [-0.3, -0.25) is 4.90 Å². The van der Waals surface area contributed by atoms with Gasteiger partial charge in [0.2, 0.25) is 0 Å². The van der Waals surface area contributed by atoms with Crippen molar-refractivity contribution in [3.63, 3.8) is 0 Å². The van der Waals surface area contributed by atoms with Crippen molar-refractivity contribution < 1.29 is 9.84 Å². The molecule has 1 heterocycles. The van der Waals surface area contributed by atoms with E-state index in [4.69, 9.17) is 4.74 Å². The van der Waals surface area contributed by atoms with Crippen molar-refractivity contribution in [2.45, 2.75) is 19.1 Å². The van der Waals surface area contributed by atoms with E-state index in [2.05, 4.69) is 17.1 Å². The second kappa shape index (κ2) is 8.00. The van der Waals surface area contributed by atoms with E-state index in [1.165, 1.54) is 0 Å². The second-order valence-electron chi connectivity index (χ2n) is 4.96. The lowest BCUT2D eigenvalue weighted by atomic mass is 10.2. The maximum Gasteiger partial charge on any atom is 0.0826 e. The van der Waals surface area contributed by atoms with Crippen molar-refractivity contribution >= 4 is 0 Å². The van der Waals surface area contributed by atoms with E-state index in [1.54, 1.807) is 0 Å². The lowest BCUT2D eigenvalue weighted by Crippen LogP contribution is -2.47. The van der Waals surface area contributed by atoms with Gasteiger partial charge in [-0.15, -0.1) is 0 Å². The number of hydrogen-bond acceptors (Lipinski definition) is 5. The van der Waals surface area contributed by atoms with Gasteiger partial charge in [-0.2, -0.15) is 0 Å². The van der Waals surface area contributed by atoms with Crippen LogP contribution in [0.4, 0.5) is 0 Å². The molecule has 0 aromatic heterocycles. The molecule has 2 unspecified atom stereocenters. The van der Waals surface area contributed by atoms with Gasteiger partial charge in [-0.05, 0) is 20.6 Å². The zero-order chi connectivity index (χ0) is 12.7. The molecule has 0 spiro atoms. The Balaban J connectivity index is 2.09. The number of morpholine rings is 1. The minimum absolute atomic E-state index is 0.259. The maximum atomic E-state index is 9.69. The van der Waals surface area contributed by atoms with Crippen molar-refractivity contribution in [3.05, 3.63) is 0 Å². The molecule has 0 aliphatic carbocycles. The molecule has 5 heteroatoms. The molecule has 2 N–H and O–H groups in total. The Morgan fingerprint density at radius 2 is 2.29 bits per heavy atom. The molecule has 1 rings (SSSR count). The highest BCUT2D eigenvalue weighted by atomic mass is 16.5. The van der Waals surface area contributed by atoms with Crippen LogP contribution in [0.1, 0.15) is 6.92 Å². The summed E-state index contributed by atoms with van der Waals surface area (Å²) in [7, 11) is 3.93. The third-order valence-electron chi connectivity index (χ3n) is 3.00. The fraction of sp³-hybridized carbons (Fsp3) is 1.00. The predicted molar refractivity (Wildman–Crippen MR) is 69.3 cm³/mol. The van der Waals surface area contributed by atoms with Gasteiger partial charge in [-0.25, -0.2) is 0 Å². The van der Waals surface area contributed by atoms with Crippen molar-refractivity contribution in [1.29, 1.82) is 0 Å². The summed E-state index contributed by atoms with van der Waals surface area (Å²) < 4.78 is 5.68. The van der Waals surface area contributed by atoms with Crippen LogP contribution in [0.15, 0.2) is 0 Å². The first-order valence-corrected chi connectivity index (χ1v) is 6.49. The summed E-state index contributed by atoms with van der Waals surface area (Å²) in [6, 6.07) is 0. The smallest absolute Gasteiger partial charge is 0.0826 e. The summed E-state index contributed by atoms with van der Waals surface area (Å²) in [6.07, 6.45) is -0.0499. The normalized spacial score (nSPS) is 24.2. The largest absolute Gasteiger partial charge is 0.390 e. The number of hydrogen-bond donors (Lipinski definition) is 2. The maximum absolute atomic E-state index is 9.69. The Hall–Kier alpha value is -0.200. The van der Waals surface area contributed by atoms with E-state index in [0.29, 0.717) is 13.1 Å².